The van der Waals surface area contributed by atoms with Crippen molar-refractivity contribution in [2.45, 2.75) is 26.2 Å². The van der Waals surface area contributed by atoms with Crippen LogP contribution in [0.3, 0.4) is 0 Å². The Hall–Kier alpha value is -2.53. The highest BCUT2D eigenvalue weighted by molar-refractivity contribution is 5.91. The van der Waals surface area contributed by atoms with Crippen LogP contribution in [0.15, 0.2) is 42.5 Å². The Labute approximate surface area is 125 Å². The monoisotopic (exact) mass is 278 g/mol. The van der Waals surface area contributed by atoms with E-state index < -0.39 is 5.97 Å². The zero-order valence-electron chi connectivity index (χ0n) is 12.5. The lowest BCUT2D eigenvalue weighted by Crippen LogP contribution is -2.10. The molecule has 106 valence electrons. The summed E-state index contributed by atoms with van der Waals surface area (Å²) >= 11 is 0. The molecule has 2 aromatic rings. The van der Waals surface area contributed by atoms with Crippen molar-refractivity contribution in [2.75, 3.05) is 0 Å². The molecular weight excluding hydrogens is 260 g/mol. The lowest BCUT2D eigenvalue weighted by Gasteiger charge is -2.20. The number of benzene rings is 2. The van der Waals surface area contributed by atoms with Crippen molar-refractivity contribution >= 4 is 5.97 Å². The smallest absolute Gasteiger partial charge is 0.336 e. The Kier molecular flexibility index (Phi) is 3.86. The fourth-order valence-corrected chi connectivity index (χ4v) is 2.19. The van der Waals surface area contributed by atoms with Crippen molar-refractivity contribution in [1.29, 1.82) is 0 Å². The Bertz CT molecular complexity index is 728. The van der Waals surface area contributed by atoms with E-state index in [0.717, 1.165) is 11.1 Å². The number of rotatable bonds is 2. The van der Waals surface area contributed by atoms with E-state index in [-0.39, 0.29) is 11.0 Å². The lowest BCUT2D eigenvalue weighted by molar-refractivity contribution is 0.0696. The van der Waals surface area contributed by atoms with Gasteiger partial charge in [0.05, 0.1) is 5.56 Å². The van der Waals surface area contributed by atoms with Gasteiger partial charge >= 0.3 is 5.97 Å². The number of terminal acetylenes is 1. The van der Waals surface area contributed by atoms with Crippen LogP contribution in [0.2, 0.25) is 0 Å². The predicted molar refractivity (Wildman–Crippen MR) is 85.5 cm³/mol. The Balaban J connectivity index is 2.53. The maximum absolute atomic E-state index is 11.1. The first-order valence-electron chi connectivity index (χ1n) is 6.78. The minimum Gasteiger partial charge on any atom is -0.478 e. The fraction of sp³-hybridized carbons (Fsp3) is 0.211. The average molecular weight is 278 g/mol. The van der Waals surface area contributed by atoms with E-state index in [1.165, 1.54) is 5.56 Å². The van der Waals surface area contributed by atoms with E-state index in [2.05, 4.69) is 38.8 Å². The van der Waals surface area contributed by atoms with Crippen molar-refractivity contribution in [3.63, 3.8) is 0 Å². The number of hydrogen-bond acceptors (Lipinski definition) is 1. The van der Waals surface area contributed by atoms with Crippen molar-refractivity contribution < 1.29 is 9.90 Å². The standard InChI is InChI=1S/C19H18O2/c1-5-13-11-15(9-10-17(13)18(20)21)14-7-6-8-16(12-14)19(2,3)4/h1,6-12H,2-4H3,(H,20,21). The summed E-state index contributed by atoms with van der Waals surface area (Å²) in [4.78, 5) is 11.1. The molecule has 0 fully saturated rings. The normalized spacial score (nSPS) is 11.0. The van der Waals surface area contributed by atoms with Crippen LogP contribution in [-0.2, 0) is 5.41 Å². The number of carboxylic acid groups (broad SMARTS) is 1. The van der Waals surface area contributed by atoms with E-state index in [1.807, 2.05) is 12.1 Å². The molecule has 2 heteroatoms. The zero-order chi connectivity index (χ0) is 15.6. The third-order valence-corrected chi connectivity index (χ3v) is 3.47. The molecule has 1 N–H and O–H groups in total. The summed E-state index contributed by atoms with van der Waals surface area (Å²) in [5.41, 5.74) is 3.82. The van der Waals surface area contributed by atoms with Gasteiger partial charge in [-0.15, -0.1) is 6.42 Å². The van der Waals surface area contributed by atoms with Crippen molar-refractivity contribution in [1.82, 2.24) is 0 Å². The Morgan fingerprint density at radius 3 is 2.33 bits per heavy atom. The molecule has 0 saturated heterocycles. The van der Waals surface area contributed by atoms with E-state index in [9.17, 15) is 4.79 Å². The molecular formula is C19H18O2. The quantitative estimate of drug-likeness (QED) is 0.830. The second kappa shape index (κ2) is 5.46. The maximum Gasteiger partial charge on any atom is 0.336 e. The van der Waals surface area contributed by atoms with E-state index in [1.54, 1.807) is 18.2 Å². The predicted octanol–water partition coefficient (Wildman–Crippen LogP) is 4.33. The van der Waals surface area contributed by atoms with Gasteiger partial charge in [0.25, 0.3) is 0 Å². The average Bonchev–Trinajstić information content (AvgIpc) is 2.45. The van der Waals surface area contributed by atoms with Crippen LogP contribution in [0, 0.1) is 12.3 Å². The molecule has 0 radical (unpaired) electrons. The van der Waals surface area contributed by atoms with Gasteiger partial charge in [0.2, 0.25) is 0 Å². The molecule has 0 aliphatic carbocycles. The van der Waals surface area contributed by atoms with E-state index >= 15 is 0 Å². The van der Waals surface area contributed by atoms with Crippen LogP contribution in [0.1, 0.15) is 42.3 Å². The van der Waals surface area contributed by atoms with Gasteiger partial charge < -0.3 is 5.11 Å². The third kappa shape index (κ3) is 3.14. The molecule has 2 aromatic carbocycles. The van der Waals surface area contributed by atoms with Gasteiger partial charge in [0.15, 0.2) is 0 Å². The number of hydrogen-bond donors (Lipinski definition) is 1. The molecule has 21 heavy (non-hydrogen) atoms. The lowest BCUT2D eigenvalue weighted by atomic mass is 9.85. The summed E-state index contributed by atoms with van der Waals surface area (Å²) in [5, 5.41) is 9.11. The molecule has 0 aliphatic heterocycles. The Morgan fingerprint density at radius 1 is 1.10 bits per heavy atom. The van der Waals surface area contributed by atoms with Gasteiger partial charge in [-0.1, -0.05) is 57.0 Å². The molecule has 0 aliphatic rings. The number of carboxylic acids is 1. The minimum absolute atomic E-state index is 0.0615. The Morgan fingerprint density at radius 2 is 1.76 bits per heavy atom. The first kappa shape index (κ1) is 14.9. The first-order valence-corrected chi connectivity index (χ1v) is 6.78. The molecule has 2 nitrogen and oxygen atoms in total. The number of carbonyl (C=O) groups is 1. The van der Waals surface area contributed by atoms with Crippen LogP contribution < -0.4 is 0 Å². The highest BCUT2D eigenvalue weighted by atomic mass is 16.4. The van der Waals surface area contributed by atoms with Crippen molar-refractivity contribution in [3.8, 4) is 23.5 Å². The second-order valence-electron chi connectivity index (χ2n) is 6.04. The number of aromatic carboxylic acids is 1. The highest BCUT2D eigenvalue weighted by Gasteiger charge is 2.15. The summed E-state index contributed by atoms with van der Waals surface area (Å²) in [6.07, 6.45) is 5.42. The summed E-state index contributed by atoms with van der Waals surface area (Å²) in [5.74, 6) is 1.45. The largest absolute Gasteiger partial charge is 0.478 e. The van der Waals surface area contributed by atoms with Gasteiger partial charge in [0.1, 0.15) is 0 Å². The summed E-state index contributed by atoms with van der Waals surface area (Å²) in [7, 11) is 0. The van der Waals surface area contributed by atoms with Crippen LogP contribution in [0.5, 0.6) is 0 Å². The van der Waals surface area contributed by atoms with Crippen LogP contribution in [0.4, 0.5) is 0 Å². The van der Waals surface area contributed by atoms with Crippen LogP contribution >= 0.6 is 0 Å². The zero-order valence-corrected chi connectivity index (χ0v) is 12.5. The van der Waals surface area contributed by atoms with E-state index in [4.69, 9.17) is 11.5 Å². The topological polar surface area (TPSA) is 37.3 Å². The van der Waals surface area contributed by atoms with Crippen LogP contribution in [0.25, 0.3) is 11.1 Å². The maximum atomic E-state index is 11.1. The fourth-order valence-electron chi connectivity index (χ4n) is 2.19. The molecule has 0 unspecified atom stereocenters. The van der Waals surface area contributed by atoms with Crippen LogP contribution in [-0.4, -0.2) is 11.1 Å². The summed E-state index contributed by atoms with van der Waals surface area (Å²) in [6, 6.07) is 13.4. The van der Waals surface area contributed by atoms with Gasteiger partial charge in [-0.3, -0.25) is 0 Å². The molecule has 0 heterocycles. The summed E-state index contributed by atoms with van der Waals surface area (Å²) in [6.45, 7) is 6.48. The van der Waals surface area contributed by atoms with Gasteiger partial charge in [-0.25, -0.2) is 4.79 Å². The molecule has 0 saturated carbocycles. The van der Waals surface area contributed by atoms with E-state index in [0.29, 0.717) is 5.56 Å². The van der Waals surface area contributed by atoms with Gasteiger partial charge in [-0.2, -0.15) is 0 Å². The molecule has 2 rings (SSSR count). The van der Waals surface area contributed by atoms with Crippen molar-refractivity contribution in [2.24, 2.45) is 0 Å². The second-order valence-corrected chi connectivity index (χ2v) is 6.04. The SMILES string of the molecule is C#Cc1cc(-c2cccc(C(C)(C)C)c2)ccc1C(=O)O. The molecule has 0 aromatic heterocycles. The third-order valence-electron chi connectivity index (χ3n) is 3.47. The van der Waals surface area contributed by atoms with Gasteiger partial charge in [-0.05, 0) is 34.2 Å². The first-order chi connectivity index (χ1) is 9.82. The molecule has 0 spiro atoms. The van der Waals surface area contributed by atoms with Gasteiger partial charge in [0, 0.05) is 5.56 Å². The molecule has 0 amide bonds. The summed E-state index contributed by atoms with van der Waals surface area (Å²) < 4.78 is 0. The van der Waals surface area contributed by atoms with Crippen molar-refractivity contribution in [3.05, 3.63) is 59.2 Å². The molecule has 0 bridgehead atoms. The highest BCUT2D eigenvalue weighted by Crippen LogP contribution is 2.28. The minimum atomic E-state index is -1.00. The molecule has 0 atom stereocenters.